The van der Waals surface area contributed by atoms with Crippen LogP contribution in [0.2, 0.25) is 0 Å². The largest absolute Gasteiger partial charge is 0.450 e. The molecule has 2 heterocycles. The highest BCUT2D eigenvalue weighted by Gasteiger charge is 2.50. The Labute approximate surface area is 139 Å². The first kappa shape index (κ1) is 16.5. The van der Waals surface area contributed by atoms with Crippen LogP contribution in [0.25, 0.3) is 0 Å². The molecule has 0 N–H and O–H groups in total. The summed E-state index contributed by atoms with van der Waals surface area (Å²) in [6.07, 6.45) is 10.8. The first-order valence-corrected chi connectivity index (χ1v) is 8.80. The van der Waals surface area contributed by atoms with Crippen LogP contribution in [-0.2, 0) is 14.3 Å². The third kappa shape index (κ3) is 3.60. The summed E-state index contributed by atoms with van der Waals surface area (Å²) in [5.41, 5.74) is 4.71. The molecular weight excluding hydrogens is 288 g/mol. The quantitative estimate of drug-likeness (QED) is 0.371. The molecule has 0 radical (unpaired) electrons. The lowest BCUT2D eigenvalue weighted by Crippen LogP contribution is -2.11. The number of allylic oxidation sites excluding steroid dienone is 3. The van der Waals surface area contributed by atoms with Crippen molar-refractivity contribution in [2.45, 2.75) is 84.0 Å². The van der Waals surface area contributed by atoms with Gasteiger partial charge < -0.3 is 9.47 Å². The molecule has 0 amide bonds. The SMILES string of the molecule is CC1=C2CC/C(C)=C/CC[C@]3(C)O[C@@H]3CC/C(C)=C/[C@@H]2OC1=O. The highest BCUT2D eigenvalue weighted by molar-refractivity contribution is 5.92. The van der Waals surface area contributed by atoms with Gasteiger partial charge in [0.15, 0.2) is 0 Å². The Hall–Kier alpha value is -1.35. The summed E-state index contributed by atoms with van der Waals surface area (Å²) in [4.78, 5) is 11.9. The number of fused-ring (bicyclic) bond motifs is 2. The van der Waals surface area contributed by atoms with Gasteiger partial charge in [-0.15, -0.1) is 0 Å². The van der Waals surface area contributed by atoms with E-state index in [1.807, 2.05) is 6.92 Å². The molecule has 126 valence electrons. The molecule has 3 nitrogen and oxygen atoms in total. The van der Waals surface area contributed by atoms with E-state index < -0.39 is 0 Å². The Bertz CT molecular complexity index is 596. The van der Waals surface area contributed by atoms with Crippen LogP contribution in [-0.4, -0.2) is 23.8 Å². The minimum Gasteiger partial charge on any atom is -0.450 e. The molecule has 1 fully saturated rings. The Kier molecular flexibility index (Phi) is 4.50. The predicted octanol–water partition coefficient (Wildman–Crippen LogP) is 4.63. The average molecular weight is 316 g/mol. The normalized spacial score (nSPS) is 40.1. The number of esters is 1. The van der Waals surface area contributed by atoms with Crippen LogP contribution >= 0.6 is 0 Å². The summed E-state index contributed by atoms with van der Waals surface area (Å²) in [5, 5.41) is 0. The number of hydrogen-bond donors (Lipinski definition) is 0. The van der Waals surface area contributed by atoms with E-state index in [4.69, 9.17) is 9.47 Å². The Balaban J connectivity index is 1.80. The molecule has 3 aliphatic rings. The van der Waals surface area contributed by atoms with Gasteiger partial charge in [0.25, 0.3) is 0 Å². The van der Waals surface area contributed by atoms with Crippen LogP contribution in [0.4, 0.5) is 0 Å². The Morgan fingerprint density at radius 3 is 2.70 bits per heavy atom. The van der Waals surface area contributed by atoms with Gasteiger partial charge in [0.1, 0.15) is 6.10 Å². The van der Waals surface area contributed by atoms with E-state index in [2.05, 4.69) is 32.9 Å². The molecule has 2 aliphatic heterocycles. The lowest BCUT2D eigenvalue weighted by molar-refractivity contribution is -0.138. The molecule has 0 aromatic heterocycles. The van der Waals surface area contributed by atoms with E-state index in [1.165, 1.54) is 11.1 Å². The van der Waals surface area contributed by atoms with E-state index >= 15 is 0 Å². The lowest BCUT2D eigenvalue weighted by atomic mass is 9.93. The molecule has 3 atom stereocenters. The maximum absolute atomic E-state index is 11.9. The number of carbonyl (C=O) groups excluding carboxylic acids is 1. The topological polar surface area (TPSA) is 38.8 Å². The zero-order valence-corrected chi connectivity index (χ0v) is 14.8. The molecule has 3 rings (SSSR count). The van der Waals surface area contributed by atoms with Crippen LogP contribution in [0, 0.1) is 0 Å². The molecule has 1 saturated heterocycles. The first-order chi connectivity index (χ1) is 10.9. The number of hydrogen-bond acceptors (Lipinski definition) is 3. The Morgan fingerprint density at radius 2 is 1.91 bits per heavy atom. The van der Waals surface area contributed by atoms with Crippen molar-refractivity contribution < 1.29 is 14.3 Å². The number of carbonyl (C=O) groups is 1. The summed E-state index contributed by atoms with van der Waals surface area (Å²) >= 11 is 0. The summed E-state index contributed by atoms with van der Waals surface area (Å²) in [7, 11) is 0. The van der Waals surface area contributed by atoms with Crippen molar-refractivity contribution in [2.24, 2.45) is 0 Å². The fourth-order valence-corrected chi connectivity index (χ4v) is 3.70. The van der Waals surface area contributed by atoms with Gasteiger partial charge in [0, 0.05) is 5.57 Å². The van der Waals surface area contributed by atoms with E-state index in [0.29, 0.717) is 6.10 Å². The van der Waals surface area contributed by atoms with Gasteiger partial charge in [0.2, 0.25) is 0 Å². The second kappa shape index (κ2) is 6.27. The third-order valence-electron chi connectivity index (χ3n) is 5.56. The fourth-order valence-electron chi connectivity index (χ4n) is 3.70. The smallest absolute Gasteiger partial charge is 0.334 e. The van der Waals surface area contributed by atoms with Gasteiger partial charge in [-0.2, -0.15) is 0 Å². The zero-order valence-electron chi connectivity index (χ0n) is 14.8. The van der Waals surface area contributed by atoms with Gasteiger partial charge in [-0.25, -0.2) is 4.79 Å². The molecule has 0 aromatic rings. The van der Waals surface area contributed by atoms with Crippen molar-refractivity contribution >= 4 is 5.97 Å². The maximum atomic E-state index is 11.9. The highest BCUT2D eigenvalue weighted by atomic mass is 16.6. The van der Waals surface area contributed by atoms with Crippen molar-refractivity contribution in [3.05, 3.63) is 34.4 Å². The predicted molar refractivity (Wildman–Crippen MR) is 91.1 cm³/mol. The van der Waals surface area contributed by atoms with Crippen LogP contribution in [0.3, 0.4) is 0 Å². The first-order valence-electron chi connectivity index (χ1n) is 8.80. The second-order valence-corrected chi connectivity index (χ2v) is 7.54. The molecule has 0 bridgehead atoms. The maximum Gasteiger partial charge on any atom is 0.334 e. The van der Waals surface area contributed by atoms with Crippen molar-refractivity contribution in [3.63, 3.8) is 0 Å². The van der Waals surface area contributed by atoms with E-state index in [9.17, 15) is 4.79 Å². The molecule has 23 heavy (non-hydrogen) atoms. The van der Waals surface area contributed by atoms with Gasteiger partial charge in [-0.05, 0) is 77.9 Å². The zero-order chi connectivity index (χ0) is 16.6. The van der Waals surface area contributed by atoms with Gasteiger partial charge in [0.05, 0.1) is 11.7 Å². The third-order valence-corrected chi connectivity index (χ3v) is 5.56. The monoisotopic (exact) mass is 316 g/mol. The summed E-state index contributed by atoms with van der Waals surface area (Å²) in [6, 6.07) is 0. The van der Waals surface area contributed by atoms with Crippen molar-refractivity contribution in [1.82, 2.24) is 0 Å². The van der Waals surface area contributed by atoms with E-state index in [0.717, 1.165) is 49.7 Å². The van der Waals surface area contributed by atoms with Gasteiger partial charge in [-0.3, -0.25) is 0 Å². The summed E-state index contributed by atoms with van der Waals surface area (Å²) in [5.74, 6) is -0.155. The average Bonchev–Trinajstić information content (AvgIpc) is 3.06. The lowest BCUT2D eigenvalue weighted by Gasteiger charge is -2.13. The Morgan fingerprint density at radius 1 is 1.13 bits per heavy atom. The molecule has 0 unspecified atom stereocenters. The van der Waals surface area contributed by atoms with Crippen molar-refractivity contribution in [2.75, 3.05) is 0 Å². The molecular formula is C20H28O3. The van der Waals surface area contributed by atoms with E-state index in [-0.39, 0.29) is 17.7 Å². The highest BCUT2D eigenvalue weighted by Crippen LogP contribution is 2.44. The fraction of sp³-hybridized carbons (Fsp3) is 0.650. The minimum atomic E-state index is -0.162. The van der Waals surface area contributed by atoms with Crippen LogP contribution in [0.5, 0.6) is 0 Å². The summed E-state index contributed by atoms with van der Waals surface area (Å²) in [6.45, 7) is 8.44. The molecule has 0 aromatic carbocycles. The number of ether oxygens (including phenoxy) is 2. The molecule has 0 saturated carbocycles. The van der Waals surface area contributed by atoms with Crippen molar-refractivity contribution in [3.8, 4) is 0 Å². The molecule has 0 spiro atoms. The van der Waals surface area contributed by atoms with Crippen LogP contribution in [0.1, 0.15) is 66.2 Å². The number of rotatable bonds is 0. The van der Waals surface area contributed by atoms with Crippen LogP contribution in [0.15, 0.2) is 34.4 Å². The van der Waals surface area contributed by atoms with Crippen LogP contribution < -0.4 is 0 Å². The van der Waals surface area contributed by atoms with E-state index in [1.54, 1.807) is 0 Å². The van der Waals surface area contributed by atoms with Crippen molar-refractivity contribution in [1.29, 1.82) is 0 Å². The standard InChI is InChI=1S/C20H28O3/c1-13-6-5-11-20(4)18(23-20)10-8-14(2)12-17-16(9-7-13)15(3)19(21)22-17/h6,12,17-18H,5,7-11H2,1-4H3/b13-6+,14-12+/t17-,18+,20-/m0/s1. The number of epoxide rings is 1. The minimum absolute atomic E-state index is 0.0721. The van der Waals surface area contributed by atoms with Gasteiger partial charge in [-0.1, -0.05) is 17.2 Å². The molecule has 3 heteroatoms. The second-order valence-electron chi connectivity index (χ2n) is 7.54. The van der Waals surface area contributed by atoms with Gasteiger partial charge >= 0.3 is 5.97 Å². The molecule has 1 aliphatic carbocycles. The summed E-state index contributed by atoms with van der Waals surface area (Å²) < 4.78 is 11.5.